The summed E-state index contributed by atoms with van der Waals surface area (Å²) in [4.78, 5) is 22.9. The zero-order valence-corrected chi connectivity index (χ0v) is 15.2. The number of para-hydroxylation sites is 2. The van der Waals surface area contributed by atoms with E-state index in [1.165, 1.54) is 11.8 Å². The molecule has 1 aromatic carbocycles. The molecule has 1 aliphatic heterocycles. The lowest BCUT2D eigenvalue weighted by Gasteiger charge is -2.16. The lowest BCUT2D eigenvalue weighted by atomic mass is 10.3. The van der Waals surface area contributed by atoms with Gasteiger partial charge in [0.1, 0.15) is 11.6 Å². The molecule has 7 heteroatoms. The predicted octanol–water partition coefficient (Wildman–Crippen LogP) is 3.30. The topological polar surface area (TPSA) is 68.5 Å². The zero-order valence-electron chi connectivity index (χ0n) is 14.4. The van der Waals surface area contributed by atoms with E-state index in [0.29, 0.717) is 29.9 Å². The maximum atomic E-state index is 12.4. The van der Waals surface area contributed by atoms with E-state index in [4.69, 9.17) is 9.15 Å². The SMILES string of the molecule is Cc1ccc(OC2CCN(C(=O)CSc3nc4ccccc4o3)C2)nc1. The Morgan fingerprint density at radius 3 is 3.04 bits per heavy atom. The van der Waals surface area contributed by atoms with E-state index < -0.39 is 0 Å². The molecule has 3 aromatic rings. The van der Waals surface area contributed by atoms with Crippen molar-refractivity contribution in [3.05, 3.63) is 48.2 Å². The first-order chi connectivity index (χ1) is 12.7. The van der Waals surface area contributed by atoms with Crippen LogP contribution in [0.4, 0.5) is 0 Å². The van der Waals surface area contributed by atoms with Crippen molar-refractivity contribution in [2.45, 2.75) is 24.7 Å². The Balaban J connectivity index is 1.29. The van der Waals surface area contributed by atoms with Crippen LogP contribution in [0, 0.1) is 6.92 Å². The number of ether oxygens (including phenoxy) is 1. The van der Waals surface area contributed by atoms with E-state index >= 15 is 0 Å². The number of pyridine rings is 1. The van der Waals surface area contributed by atoms with E-state index in [1.54, 1.807) is 6.20 Å². The van der Waals surface area contributed by atoms with E-state index in [2.05, 4.69) is 9.97 Å². The predicted molar refractivity (Wildman–Crippen MR) is 99.3 cm³/mol. The van der Waals surface area contributed by atoms with Crippen LogP contribution in [0.1, 0.15) is 12.0 Å². The number of nitrogens with zero attached hydrogens (tertiary/aromatic N) is 3. The Morgan fingerprint density at radius 2 is 2.23 bits per heavy atom. The van der Waals surface area contributed by atoms with Gasteiger partial charge in [0.05, 0.1) is 12.3 Å². The summed E-state index contributed by atoms with van der Waals surface area (Å²) in [6.45, 7) is 3.27. The summed E-state index contributed by atoms with van der Waals surface area (Å²) < 4.78 is 11.5. The van der Waals surface area contributed by atoms with Crippen molar-refractivity contribution in [3.63, 3.8) is 0 Å². The molecule has 0 spiro atoms. The van der Waals surface area contributed by atoms with Gasteiger partial charge in [0, 0.05) is 25.2 Å². The fourth-order valence-corrected chi connectivity index (χ4v) is 3.61. The number of amides is 1. The summed E-state index contributed by atoms with van der Waals surface area (Å²) in [5, 5.41) is 0.524. The van der Waals surface area contributed by atoms with Crippen LogP contribution in [0.25, 0.3) is 11.1 Å². The van der Waals surface area contributed by atoms with Gasteiger partial charge in [-0.25, -0.2) is 9.97 Å². The molecule has 0 N–H and O–H groups in total. The van der Waals surface area contributed by atoms with Crippen LogP contribution in [-0.2, 0) is 4.79 Å². The molecule has 0 bridgehead atoms. The van der Waals surface area contributed by atoms with Crippen LogP contribution in [-0.4, -0.2) is 45.7 Å². The number of benzene rings is 1. The number of aromatic nitrogens is 2. The maximum Gasteiger partial charge on any atom is 0.257 e. The summed E-state index contributed by atoms with van der Waals surface area (Å²) in [6, 6.07) is 11.4. The van der Waals surface area contributed by atoms with Gasteiger partial charge in [-0.2, -0.15) is 0 Å². The van der Waals surface area contributed by atoms with E-state index in [9.17, 15) is 4.79 Å². The molecule has 2 aromatic heterocycles. The molecule has 1 unspecified atom stereocenters. The fraction of sp³-hybridized carbons (Fsp3) is 0.316. The number of hydrogen-bond donors (Lipinski definition) is 0. The highest BCUT2D eigenvalue weighted by Gasteiger charge is 2.28. The van der Waals surface area contributed by atoms with Gasteiger partial charge >= 0.3 is 0 Å². The number of oxazole rings is 1. The Kier molecular flexibility index (Phi) is 4.79. The van der Waals surface area contributed by atoms with Gasteiger partial charge in [0.2, 0.25) is 11.8 Å². The molecular weight excluding hydrogens is 350 g/mol. The van der Waals surface area contributed by atoms with Gasteiger partial charge in [-0.05, 0) is 24.6 Å². The van der Waals surface area contributed by atoms with Crippen molar-refractivity contribution >= 4 is 28.8 Å². The molecule has 1 aliphatic rings. The molecule has 0 saturated carbocycles. The van der Waals surface area contributed by atoms with E-state index in [-0.39, 0.29) is 12.0 Å². The van der Waals surface area contributed by atoms with Crippen LogP contribution in [0.5, 0.6) is 5.88 Å². The average molecular weight is 369 g/mol. The quantitative estimate of drug-likeness (QED) is 0.643. The number of hydrogen-bond acceptors (Lipinski definition) is 6. The second-order valence-electron chi connectivity index (χ2n) is 6.28. The summed E-state index contributed by atoms with van der Waals surface area (Å²) in [5.74, 6) is 0.985. The lowest BCUT2D eigenvalue weighted by molar-refractivity contribution is -0.127. The molecule has 1 amide bonds. The molecule has 0 aliphatic carbocycles. The highest BCUT2D eigenvalue weighted by molar-refractivity contribution is 7.99. The number of carbonyl (C=O) groups excluding carboxylic acids is 1. The lowest BCUT2D eigenvalue weighted by Crippen LogP contribution is -2.32. The van der Waals surface area contributed by atoms with E-state index in [1.807, 2.05) is 48.2 Å². The molecule has 0 radical (unpaired) electrons. The summed E-state index contributed by atoms with van der Waals surface area (Å²) >= 11 is 1.33. The number of fused-ring (bicyclic) bond motifs is 1. The smallest absolute Gasteiger partial charge is 0.257 e. The van der Waals surface area contributed by atoms with Crippen LogP contribution < -0.4 is 4.74 Å². The minimum absolute atomic E-state index is 0.0107. The Morgan fingerprint density at radius 1 is 1.35 bits per heavy atom. The molecule has 134 valence electrons. The van der Waals surface area contributed by atoms with Crippen molar-refractivity contribution in [1.29, 1.82) is 0 Å². The van der Waals surface area contributed by atoms with Crippen LogP contribution in [0.15, 0.2) is 52.2 Å². The normalized spacial score (nSPS) is 17.0. The molecular formula is C19H19N3O3S. The van der Waals surface area contributed by atoms with Gasteiger partial charge in [-0.1, -0.05) is 30.0 Å². The standard InChI is InChI=1S/C19H19N3O3S/c1-13-6-7-17(20-10-13)24-14-8-9-22(11-14)18(23)12-26-19-21-15-4-2-3-5-16(15)25-19/h2-7,10,14H,8-9,11-12H2,1H3. The summed E-state index contributed by atoms with van der Waals surface area (Å²) in [7, 11) is 0. The highest BCUT2D eigenvalue weighted by Crippen LogP contribution is 2.24. The zero-order chi connectivity index (χ0) is 17.9. The largest absolute Gasteiger partial charge is 0.472 e. The second-order valence-corrected chi connectivity index (χ2v) is 7.20. The van der Waals surface area contributed by atoms with Crippen LogP contribution in [0.3, 0.4) is 0 Å². The third-order valence-corrected chi connectivity index (χ3v) is 5.08. The highest BCUT2D eigenvalue weighted by atomic mass is 32.2. The van der Waals surface area contributed by atoms with Crippen LogP contribution >= 0.6 is 11.8 Å². The monoisotopic (exact) mass is 369 g/mol. The molecule has 1 fully saturated rings. The third kappa shape index (κ3) is 3.83. The number of likely N-dealkylation sites (tertiary alicyclic amines) is 1. The average Bonchev–Trinajstić information content (AvgIpc) is 3.28. The molecule has 6 nitrogen and oxygen atoms in total. The van der Waals surface area contributed by atoms with Gasteiger partial charge in [0.25, 0.3) is 5.22 Å². The van der Waals surface area contributed by atoms with Gasteiger partial charge < -0.3 is 14.1 Å². The Bertz CT molecular complexity index is 877. The van der Waals surface area contributed by atoms with Crippen molar-refractivity contribution in [1.82, 2.24) is 14.9 Å². The Hall–Kier alpha value is -2.54. The number of rotatable bonds is 5. The fourth-order valence-electron chi connectivity index (χ4n) is 2.87. The Labute approximate surface area is 155 Å². The van der Waals surface area contributed by atoms with Crippen molar-refractivity contribution in [2.24, 2.45) is 0 Å². The maximum absolute atomic E-state index is 12.4. The van der Waals surface area contributed by atoms with Gasteiger partial charge in [-0.3, -0.25) is 4.79 Å². The second kappa shape index (κ2) is 7.37. The van der Waals surface area contributed by atoms with E-state index in [0.717, 1.165) is 23.1 Å². The van der Waals surface area contributed by atoms with Crippen LogP contribution in [0.2, 0.25) is 0 Å². The summed E-state index contributed by atoms with van der Waals surface area (Å²) in [5.41, 5.74) is 2.64. The molecule has 4 rings (SSSR count). The number of thioether (sulfide) groups is 1. The number of aryl methyl sites for hydroxylation is 1. The first-order valence-electron chi connectivity index (χ1n) is 8.53. The van der Waals surface area contributed by atoms with Gasteiger partial charge in [0.15, 0.2) is 5.58 Å². The van der Waals surface area contributed by atoms with Crippen molar-refractivity contribution in [3.8, 4) is 5.88 Å². The minimum atomic E-state index is -0.0107. The third-order valence-electron chi connectivity index (χ3n) is 4.26. The molecule has 1 saturated heterocycles. The van der Waals surface area contributed by atoms with Gasteiger partial charge in [-0.15, -0.1) is 0 Å². The summed E-state index contributed by atoms with van der Waals surface area (Å²) in [6.07, 6.45) is 2.59. The first kappa shape index (κ1) is 16.9. The number of carbonyl (C=O) groups is 1. The van der Waals surface area contributed by atoms with Crippen molar-refractivity contribution in [2.75, 3.05) is 18.8 Å². The molecule has 26 heavy (non-hydrogen) atoms. The minimum Gasteiger partial charge on any atom is -0.472 e. The van der Waals surface area contributed by atoms with Crippen molar-refractivity contribution < 1.29 is 13.9 Å². The molecule has 1 atom stereocenters. The molecule has 3 heterocycles. The first-order valence-corrected chi connectivity index (χ1v) is 9.51.